The number of carboxylic acid groups (broad SMARTS) is 1. The zero-order valence-electron chi connectivity index (χ0n) is 25.0. The van der Waals surface area contributed by atoms with Gasteiger partial charge in [-0.3, -0.25) is 9.59 Å². The van der Waals surface area contributed by atoms with Gasteiger partial charge in [0.1, 0.15) is 0 Å². The number of hydrogen-bond acceptors (Lipinski definition) is 4. The third kappa shape index (κ3) is 7.31. The third-order valence-corrected chi connectivity index (χ3v) is 7.80. The van der Waals surface area contributed by atoms with Gasteiger partial charge in [-0.1, -0.05) is 123 Å². The zero-order chi connectivity index (χ0) is 30.6. The lowest BCUT2D eigenvalue weighted by atomic mass is 9.86. The summed E-state index contributed by atoms with van der Waals surface area (Å²) in [6.07, 6.45) is 3.84. The van der Waals surface area contributed by atoms with E-state index in [1.807, 2.05) is 48.8 Å². The van der Waals surface area contributed by atoms with Gasteiger partial charge in [-0.25, -0.2) is 9.97 Å². The van der Waals surface area contributed by atoms with Gasteiger partial charge in [0.25, 0.3) is 0 Å². The maximum atomic E-state index is 12.9. The molecule has 1 N–H and O–H groups in total. The Morgan fingerprint density at radius 1 is 0.674 bits per heavy atom. The molecule has 0 amide bonds. The molecule has 5 rings (SSSR count). The number of aliphatic carboxylic acids is 1. The van der Waals surface area contributed by atoms with E-state index in [0.717, 1.165) is 33.4 Å². The van der Waals surface area contributed by atoms with Crippen LogP contribution < -0.4 is 0 Å². The van der Waals surface area contributed by atoms with E-state index in [1.165, 1.54) is 11.1 Å². The summed E-state index contributed by atoms with van der Waals surface area (Å²) in [4.78, 5) is 34.1. The molecule has 1 aromatic heterocycles. The molecule has 0 aliphatic heterocycles. The van der Waals surface area contributed by atoms with Crippen molar-refractivity contribution in [1.82, 2.24) is 9.97 Å². The number of aryl methyl sites for hydroxylation is 1. The normalized spacial score (nSPS) is 12.1. The van der Waals surface area contributed by atoms with Crippen LogP contribution in [-0.4, -0.2) is 26.8 Å². The summed E-state index contributed by atoms with van der Waals surface area (Å²) < 4.78 is 0. The number of carbonyl (C=O) groups excluding carboxylic acids is 1. The van der Waals surface area contributed by atoms with Crippen LogP contribution in [0.1, 0.15) is 54.2 Å². The number of hydrogen-bond donors (Lipinski definition) is 1. The molecular weight excluding hydrogens is 532 g/mol. The van der Waals surface area contributed by atoms with Gasteiger partial charge in [-0.2, -0.15) is 0 Å². The minimum Gasteiger partial charge on any atom is -0.481 e. The number of carbonyl (C=O) groups is 2. The molecule has 0 radical (unpaired) electrons. The van der Waals surface area contributed by atoms with Gasteiger partial charge in [0.05, 0.1) is 5.92 Å². The first kappa shape index (κ1) is 29.6. The van der Waals surface area contributed by atoms with Crippen LogP contribution in [0.5, 0.6) is 0 Å². The predicted octanol–water partition coefficient (Wildman–Crippen LogP) is 8.60. The van der Waals surface area contributed by atoms with E-state index in [-0.39, 0.29) is 24.0 Å². The van der Waals surface area contributed by atoms with Crippen molar-refractivity contribution in [3.8, 4) is 33.6 Å². The van der Waals surface area contributed by atoms with E-state index in [1.54, 1.807) is 12.1 Å². The van der Waals surface area contributed by atoms with Gasteiger partial charge in [-0.05, 0) is 46.6 Å². The first-order valence-electron chi connectivity index (χ1n) is 14.5. The summed E-state index contributed by atoms with van der Waals surface area (Å²) >= 11 is 0. The number of aromatic nitrogens is 2. The predicted molar refractivity (Wildman–Crippen MR) is 172 cm³/mol. The average Bonchev–Trinajstić information content (AvgIpc) is 3.01. The first-order chi connectivity index (χ1) is 20.6. The lowest BCUT2D eigenvalue weighted by Crippen LogP contribution is -2.20. The fourth-order valence-electron chi connectivity index (χ4n) is 5.05. The van der Waals surface area contributed by atoms with Crippen molar-refractivity contribution in [2.24, 2.45) is 5.92 Å². The van der Waals surface area contributed by atoms with Gasteiger partial charge in [0.2, 0.25) is 0 Å². The van der Waals surface area contributed by atoms with Crippen molar-refractivity contribution in [2.45, 2.75) is 46.0 Å². The molecule has 5 nitrogen and oxygen atoms in total. The Morgan fingerprint density at radius 3 is 1.67 bits per heavy atom. The van der Waals surface area contributed by atoms with Crippen molar-refractivity contribution >= 4 is 11.8 Å². The highest BCUT2D eigenvalue weighted by molar-refractivity contribution is 5.98. The summed E-state index contributed by atoms with van der Waals surface area (Å²) in [6, 6.07) is 31.9. The van der Waals surface area contributed by atoms with Crippen molar-refractivity contribution in [2.75, 3.05) is 0 Å². The summed E-state index contributed by atoms with van der Waals surface area (Å²) in [5.74, 6) is -1.36. The highest BCUT2D eigenvalue weighted by Gasteiger charge is 2.23. The van der Waals surface area contributed by atoms with E-state index in [9.17, 15) is 14.7 Å². The van der Waals surface area contributed by atoms with Gasteiger partial charge < -0.3 is 5.11 Å². The molecule has 5 aromatic rings. The smallest absolute Gasteiger partial charge is 0.307 e. The van der Waals surface area contributed by atoms with Gasteiger partial charge >= 0.3 is 5.97 Å². The highest BCUT2D eigenvalue weighted by atomic mass is 16.4. The summed E-state index contributed by atoms with van der Waals surface area (Å²) in [7, 11) is 0. The van der Waals surface area contributed by atoms with Crippen LogP contribution in [0.2, 0.25) is 0 Å². The van der Waals surface area contributed by atoms with Crippen LogP contribution in [-0.2, 0) is 16.6 Å². The Bertz CT molecular complexity index is 1700. The van der Waals surface area contributed by atoms with Crippen molar-refractivity contribution in [1.29, 1.82) is 0 Å². The van der Waals surface area contributed by atoms with E-state index < -0.39 is 11.9 Å². The van der Waals surface area contributed by atoms with Crippen LogP contribution in [0, 0.1) is 12.8 Å². The Kier molecular flexibility index (Phi) is 8.63. The van der Waals surface area contributed by atoms with Crippen molar-refractivity contribution in [3.05, 3.63) is 132 Å². The fraction of sp³-hybridized carbons (Fsp3) is 0.211. The molecule has 1 heterocycles. The summed E-state index contributed by atoms with van der Waals surface area (Å²) in [5, 5.41) is 9.84. The number of nitrogens with zero attached hydrogens (tertiary/aromatic N) is 2. The van der Waals surface area contributed by atoms with E-state index in [2.05, 4.69) is 86.2 Å². The molecular formula is C38H36N2O3. The molecule has 0 bridgehead atoms. The van der Waals surface area contributed by atoms with Crippen LogP contribution in [0.15, 0.2) is 109 Å². The molecule has 4 aromatic carbocycles. The average molecular weight is 569 g/mol. The largest absolute Gasteiger partial charge is 0.481 e. The lowest BCUT2D eigenvalue weighted by molar-refractivity contribution is -0.141. The van der Waals surface area contributed by atoms with E-state index in [0.29, 0.717) is 11.4 Å². The molecule has 0 aliphatic carbocycles. The topological polar surface area (TPSA) is 80.2 Å². The molecule has 0 saturated carbocycles. The maximum Gasteiger partial charge on any atom is 0.307 e. The second-order valence-electron chi connectivity index (χ2n) is 12.1. The third-order valence-electron chi connectivity index (χ3n) is 7.80. The minimum absolute atomic E-state index is 0.0149. The number of ketones is 1. The van der Waals surface area contributed by atoms with E-state index >= 15 is 0 Å². The molecule has 1 atom stereocenters. The Balaban J connectivity index is 1.22. The zero-order valence-corrected chi connectivity index (χ0v) is 25.0. The Labute approximate surface area is 253 Å². The molecule has 216 valence electrons. The van der Waals surface area contributed by atoms with Gasteiger partial charge in [0, 0.05) is 35.5 Å². The summed E-state index contributed by atoms with van der Waals surface area (Å²) in [6.45, 7) is 8.43. The number of Topliss-reactive ketones (excluding diaryl/α,β-unsaturated/α-hetero) is 1. The lowest BCUT2D eigenvalue weighted by Gasteiger charge is -2.19. The molecule has 0 spiro atoms. The molecule has 5 heteroatoms. The second kappa shape index (κ2) is 12.5. The second-order valence-corrected chi connectivity index (χ2v) is 12.1. The van der Waals surface area contributed by atoms with Crippen molar-refractivity contribution in [3.63, 3.8) is 0 Å². The quantitative estimate of drug-likeness (QED) is 0.180. The molecule has 0 unspecified atom stereocenters. The van der Waals surface area contributed by atoms with Crippen molar-refractivity contribution < 1.29 is 14.7 Å². The van der Waals surface area contributed by atoms with Crippen LogP contribution in [0.3, 0.4) is 0 Å². The number of carboxylic acids is 1. The maximum absolute atomic E-state index is 12.9. The minimum atomic E-state index is -0.977. The standard InChI is InChI=1S/C38H36N2O3/c1-25-5-9-27(10-6-25)28-13-15-29(16-14-28)33-23-39-36(40-24-33)31-11-7-26(8-12-31)21-32(37(42)43)22-35(41)30-17-19-34(20-18-30)38(2,3)4/h5-20,23-24,32H,21-22H2,1-4H3,(H,42,43)/t32-/m1/s1. The Hall–Kier alpha value is -4.90. The van der Waals surface area contributed by atoms with Crippen LogP contribution in [0.25, 0.3) is 33.6 Å². The SMILES string of the molecule is Cc1ccc(-c2ccc(-c3cnc(-c4ccc(C[C@H](CC(=O)c5ccc(C(C)(C)C)cc5)C(=O)O)cc4)nc3)cc2)cc1. The molecule has 43 heavy (non-hydrogen) atoms. The fourth-order valence-corrected chi connectivity index (χ4v) is 5.05. The Morgan fingerprint density at radius 2 is 1.16 bits per heavy atom. The molecule has 0 aliphatic rings. The number of benzene rings is 4. The molecule has 0 saturated heterocycles. The highest BCUT2D eigenvalue weighted by Crippen LogP contribution is 2.27. The van der Waals surface area contributed by atoms with Crippen LogP contribution >= 0.6 is 0 Å². The first-order valence-corrected chi connectivity index (χ1v) is 14.5. The molecule has 0 fully saturated rings. The number of rotatable bonds is 9. The van der Waals surface area contributed by atoms with Crippen LogP contribution in [0.4, 0.5) is 0 Å². The van der Waals surface area contributed by atoms with Gasteiger partial charge in [-0.15, -0.1) is 0 Å². The monoisotopic (exact) mass is 568 g/mol. The summed E-state index contributed by atoms with van der Waals surface area (Å²) in [5.41, 5.74) is 8.88. The van der Waals surface area contributed by atoms with E-state index in [4.69, 9.17) is 0 Å². The van der Waals surface area contributed by atoms with Gasteiger partial charge in [0.15, 0.2) is 11.6 Å².